The smallest absolute Gasteiger partial charge is 0.135 e. The summed E-state index contributed by atoms with van der Waals surface area (Å²) in [6, 6.07) is 67.7. The second-order valence-corrected chi connectivity index (χ2v) is 13.0. The van der Waals surface area contributed by atoms with Crippen molar-refractivity contribution in [2.24, 2.45) is 0 Å². The highest BCUT2D eigenvalue weighted by Crippen LogP contribution is 2.43. The van der Waals surface area contributed by atoms with E-state index in [0.717, 1.165) is 50.1 Å². The third kappa shape index (κ3) is 4.73. The van der Waals surface area contributed by atoms with E-state index in [4.69, 9.17) is 4.42 Å². The highest BCUT2D eigenvalue weighted by atomic mass is 16.3. The van der Waals surface area contributed by atoms with Gasteiger partial charge in [0, 0.05) is 27.5 Å². The molecule has 0 saturated heterocycles. The number of nitrogens with zero attached hydrogens (tertiary/aromatic N) is 1. The number of fused-ring (bicyclic) bond motifs is 7. The first-order valence-corrected chi connectivity index (χ1v) is 17.1. The summed E-state index contributed by atoms with van der Waals surface area (Å²) in [6.45, 7) is 0. The third-order valence-electron chi connectivity index (χ3n) is 10.0. The Kier molecular flexibility index (Phi) is 6.53. The minimum Gasteiger partial charge on any atom is -0.456 e. The van der Waals surface area contributed by atoms with E-state index in [2.05, 4.69) is 181 Å². The Bertz CT molecular complexity index is 2880. The molecule has 0 N–H and O–H groups in total. The number of hydrogen-bond acceptors (Lipinski definition) is 2. The Balaban J connectivity index is 1.14. The Labute approximate surface area is 290 Å². The van der Waals surface area contributed by atoms with Gasteiger partial charge in [0.05, 0.1) is 5.69 Å². The van der Waals surface area contributed by atoms with Crippen molar-refractivity contribution in [2.45, 2.75) is 0 Å². The number of anilines is 3. The van der Waals surface area contributed by atoms with Crippen molar-refractivity contribution in [1.82, 2.24) is 0 Å². The molecular formula is C48H31NO. The number of furan rings is 1. The van der Waals surface area contributed by atoms with Crippen LogP contribution < -0.4 is 4.90 Å². The van der Waals surface area contributed by atoms with Crippen LogP contribution in [0.25, 0.3) is 76.5 Å². The van der Waals surface area contributed by atoms with Gasteiger partial charge in [-0.15, -0.1) is 0 Å². The zero-order valence-corrected chi connectivity index (χ0v) is 27.3. The van der Waals surface area contributed by atoms with Crippen LogP contribution >= 0.6 is 0 Å². The highest BCUT2D eigenvalue weighted by Gasteiger charge is 2.18. The van der Waals surface area contributed by atoms with Crippen LogP contribution in [0.15, 0.2) is 192 Å². The average molecular weight is 638 g/mol. The van der Waals surface area contributed by atoms with Crippen LogP contribution in [0.4, 0.5) is 17.1 Å². The molecule has 10 rings (SSSR count). The summed E-state index contributed by atoms with van der Waals surface area (Å²) in [7, 11) is 0. The van der Waals surface area contributed by atoms with Crippen molar-refractivity contribution in [2.75, 3.05) is 4.90 Å². The van der Waals surface area contributed by atoms with Gasteiger partial charge in [-0.3, -0.25) is 0 Å². The molecule has 9 aromatic carbocycles. The van der Waals surface area contributed by atoms with E-state index < -0.39 is 0 Å². The van der Waals surface area contributed by atoms with Gasteiger partial charge in [-0.05, 0) is 104 Å². The third-order valence-corrected chi connectivity index (χ3v) is 10.0. The Hall–Kier alpha value is -6.64. The van der Waals surface area contributed by atoms with Gasteiger partial charge >= 0.3 is 0 Å². The zero-order chi connectivity index (χ0) is 33.0. The molecule has 0 aliphatic carbocycles. The maximum absolute atomic E-state index is 6.11. The van der Waals surface area contributed by atoms with Crippen LogP contribution in [-0.2, 0) is 0 Å². The van der Waals surface area contributed by atoms with Gasteiger partial charge < -0.3 is 9.32 Å². The number of hydrogen-bond donors (Lipinski definition) is 0. The van der Waals surface area contributed by atoms with Crippen molar-refractivity contribution in [3.8, 4) is 22.3 Å². The zero-order valence-electron chi connectivity index (χ0n) is 27.3. The van der Waals surface area contributed by atoms with Crippen molar-refractivity contribution in [3.63, 3.8) is 0 Å². The summed E-state index contributed by atoms with van der Waals surface area (Å²) < 4.78 is 6.11. The molecule has 1 heterocycles. The minimum absolute atomic E-state index is 0.909. The molecule has 0 aliphatic heterocycles. The van der Waals surface area contributed by atoms with Crippen LogP contribution in [0.1, 0.15) is 0 Å². The normalized spacial score (nSPS) is 11.6. The van der Waals surface area contributed by atoms with Gasteiger partial charge in [0.25, 0.3) is 0 Å². The fourth-order valence-electron chi connectivity index (χ4n) is 7.55. The molecule has 234 valence electrons. The Morgan fingerprint density at radius 3 is 1.78 bits per heavy atom. The van der Waals surface area contributed by atoms with Gasteiger partial charge in [-0.1, -0.05) is 133 Å². The van der Waals surface area contributed by atoms with E-state index in [0.29, 0.717) is 0 Å². The Morgan fingerprint density at radius 2 is 0.920 bits per heavy atom. The number of para-hydroxylation sites is 1. The van der Waals surface area contributed by atoms with Gasteiger partial charge in [-0.2, -0.15) is 0 Å². The SMILES string of the molecule is c1cc(-c2ccc3ccccc3c2)cc(N(c2ccc(-c3ccc4oc5ccccc5c4c3)cc2)c2cc3ccccc3c3ccccc23)c1. The van der Waals surface area contributed by atoms with Crippen molar-refractivity contribution in [3.05, 3.63) is 188 Å². The molecule has 0 saturated carbocycles. The fraction of sp³-hybridized carbons (Fsp3) is 0. The minimum atomic E-state index is 0.909. The molecule has 0 fully saturated rings. The highest BCUT2D eigenvalue weighted by molar-refractivity contribution is 6.14. The molecule has 2 heteroatoms. The van der Waals surface area contributed by atoms with Crippen molar-refractivity contribution in [1.29, 1.82) is 0 Å². The summed E-state index contributed by atoms with van der Waals surface area (Å²) in [5.41, 5.74) is 9.88. The van der Waals surface area contributed by atoms with E-state index in [9.17, 15) is 0 Å². The second kappa shape index (κ2) is 11.5. The molecule has 0 amide bonds. The standard InChI is InChI=1S/C48H31NO/c1-2-11-34-28-36(21-20-32(34)10-1)35-13-9-14-40(29-35)49(46-31-38-12-3-4-15-41(38)42-16-5-6-17-43(42)46)39-25-22-33(23-26-39)37-24-27-48-45(30-37)44-18-7-8-19-47(44)50-48/h1-31H. The maximum Gasteiger partial charge on any atom is 0.135 e. The molecule has 50 heavy (non-hydrogen) atoms. The predicted octanol–water partition coefficient (Wildman–Crippen LogP) is 13.8. The summed E-state index contributed by atoms with van der Waals surface area (Å²) in [5.74, 6) is 0. The Morgan fingerprint density at radius 1 is 0.300 bits per heavy atom. The summed E-state index contributed by atoms with van der Waals surface area (Å²) in [4.78, 5) is 2.41. The molecular weight excluding hydrogens is 607 g/mol. The van der Waals surface area contributed by atoms with E-state index in [1.807, 2.05) is 12.1 Å². The van der Waals surface area contributed by atoms with Crippen molar-refractivity contribution < 1.29 is 4.42 Å². The van der Waals surface area contributed by atoms with E-state index in [-0.39, 0.29) is 0 Å². The molecule has 0 radical (unpaired) electrons. The molecule has 0 atom stereocenters. The van der Waals surface area contributed by atoms with Crippen LogP contribution in [0.2, 0.25) is 0 Å². The molecule has 2 nitrogen and oxygen atoms in total. The van der Waals surface area contributed by atoms with Crippen LogP contribution in [0.3, 0.4) is 0 Å². The number of rotatable bonds is 5. The molecule has 10 aromatic rings. The fourth-order valence-corrected chi connectivity index (χ4v) is 7.55. The van der Waals surface area contributed by atoms with E-state index >= 15 is 0 Å². The summed E-state index contributed by atoms with van der Waals surface area (Å²) >= 11 is 0. The van der Waals surface area contributed by atoms with Gasteiger partial charge in [-0.25, -0.2) is 0 Å². The first kappa shape index (κ1) is 28.4. The van der Waals surface area contributed by atoms with Crippen LogP contribution in [0, 0.1) is 0 Å². The van der Waals surface area contributed by atoms with Crippen molar-refractivity contribution >= 4 is 71.3 Å². The predicted molar refractivity (Wildman–Crippen MR) is 212 cm³/mol. The van der Waals surface area contributed by atoms with Gasteiger partial charge in [0.15, 0.2) is 0 Å². The van der Waals surface area contributed by atoms with Gasteiger partial charge in [0.2, 0.25) is 0 Å². The lowest BCUT2D eigenvalue weighted by atomic mass is 9.97. The topological polar surface area (TPSA) is 16.4 Å². The van der Waals surface area contributed by atoms with E-state index in [1.54, 1.807) is 0 Å². The summed E-state index contributed by atoms with van der Waals surface area (Å²) in [5, 5.41) is 9.70. The monoisotopic (exact) mass is 637 g/mol. The second-order valence-electron chi connectivity index (χ2n) is 13.0. The quantitative estimate of drug-likeness (QED) is 0.175. The molecule has 0 unspecified atom stereocenters. The van der Waals surface area contributed by atoms with E-state index in [1.165, 1.54) is 43.4 Å². The first-order valence-electron chi connectivity index (χ1n) is 17.1. The summed E-state index contributed by atoms with van der Waals surface area (Å²) in [6.07, 6.45) is 0. The molecule has 0 spiro atoms. The van der Waals surface area contributed by atoms with Crippen LogP contribution in [0.5, 0.6) is 0 Å². The molecule has 0 bridgehead atoms. The van der Waals surface area contributed by atoms with Gasteiger partial charge in [0.1, 0.15) is 11.2 Å². The number of benzene rings is 9. The molecule has 0 aliphatic rings. The largest absolute Gasteiger partial charge is 0.456 e. The average Bonchev–Trinajstić information content (AvgIpc) is 3.56. The lowest BCUT2D eigenvalue weighted by Crippen LogP contribution is -2.10. The van der Waals surface area contributed by atoms with Crippen LogP contribution in [-0.4, -0.2) is 0 Å². The first-order chi connectivity index (χ1) is 24.8. The lowest BCUT2D eigenvalue weighted by molar-refractivity contribution is 0.669. The maximum atomic E-state index is 6.11. The lowest BCUT2D eigenvalue weighted by Gasteiger charge is -2.28. The molecule has 1 aromatic heterocycles.